The van der Waals surface area contributed by atoms with Gasteiger partial charge in [-0.05, 0) is 36.5 Å². The van der Waals surface area contributed by atoms with Crippen molar-refractivity contribution in [2.45, 2.75) is 31.6 Å². The monoisotopic (exact) mass is 265 g/mol. The van der Waals surface area contributed by atoms with E-state index in [1.54, 1.807) is 12.1 Å². The molecule has 84 valence electrons. The van der Waals surface area contributed by atoms with Gasteiger partial charge in [-0.3, -0.25) is 0 Å². The van der Waals surface area contributed by atoms with Crippen molar-refractivity contribution in [2.24, 2.45) is 5.92 Å². The van der Waals surface area contributed by atoms with Gasteiger partial charge >= 0.3 is 51.4 Å². The number of aryl methyl sites for hydroxylation is 1. The normalized spacial score (nSPS) is 11.2. The van der Waals surface area contributed by atoms with Crippen LogP contribution in [-0.2, 0) is 16.4 Å². The van der Waals surface area contributed by atoms with Gasteiger partial charge in [-0.15, -0.1) is 0 Å². The van der Waals surface area contributed by atoms with E-state index in [0.29, 0.717) is 5.92 Å². The average molecular weight is 265 g/mol. The summed E-state index contributed by atoms with van der Waals surface area (Å²) in [5.74, 6) is 0.643. The topological polar surface area (TPSA) is 57.9 Å². The molecule has 1 rings (SSSR count). The Morgan fingerprint density at radius 1 is 1.19 bits per heavy atom. The van der Waals surface area contributed by atoms with E-state index in [-0.39, 0.29) is 56.3 Å². The van der Waals surface area contributed by atoms with Gasteiger partial charge < -0.3 is 5.14 Å². The quantitative estimate of drug-likeness (QED) is 0.721. The Kier molecular flexibility index (Phi) is 7.60. The smallest absolute Gasteiger partial charge is 0.560 e. The molecule has 0 bridgehead atoms. The zero-order chi connectivity index (χ0) is 11.5. The molecule has 0 atom stereocenters. The maximum Gasteiger partial charge on any atom is 1.00 e. The number of benzene rings is 1. The molecule has 0 fully saturated rings. The van der Waals surface area contributed by atoms with Crippen LogP contribution in [0.25, 0.3) is 5.14 Å². The molecule has 0 unspecified atom stereocenters. The number of rotatable bonds is 4. The fourth-order valence-corrected chi connectivity index (χ4v) is 1.79. The number of hydrogen-bond donors (Lipinski definition) is 0. The summed E-state index contributed by atoms with van der Waals surface area (Å²) in [6, 6.07) is 6.56. The van der Waals surface area contributed by atoms with Crippen LogP contribution < -0.4 is 51.4 Å². The second kappa shape index (κ2) is 7.26. The summed E-state index contributed by atoms with van der Waals surface area (Å²) in [6.07, 6.45) is 2.04. The Labute approximate surface area is 140 Å². The zero-order valence-corrected chi connectivity index (χ0v) is 14.0. The van der Waals surface area contributed by atoms with Gasteiger partial charge in [-0.1, -0.05) is 26.0 Å². The molecular formula is C11H16KNO2S. The van der Waals surface area contributed by atoms with Gasteiger partial charge in [0, 0.05) is 4.90 Å². The van der Waals surface area contributed by atoms with Crippen LogP contribution >= 0.6 is 0 Å². The molecule has 0 heterocycles. The summed E-state index contributed by atoms with van der Waals surface area (Å²) in [7, 11) is -3.80. The summed E-state index contributed by atoms with van der Waals surface area (Å²) < 4.78 is 21.8. The molecule has 16 heavy (non-hydrogen) atoms. The van der Waals surface area contributed by atoms with Crippen LogP contribution in [0.5, 0.6) is 0 Å². The van der Waals surface area contributed by atoms with Gasteiger partial charge in [-0.25, -0.2) is 8.42 Å². The molecule has 0 amide bonds. The van der Waals surface area contributed by atoms with Crippen LogP contribution in [0, 0.1) is 5.92 Å². The molecule has 0 radical (unpaired) electrons. The molecular weight excluding hydrogens is 249 g/mol. The zero-order valence-electron chi connectivity index (χ0n) is 10.0. The SMILES string of the molecule is CC(C)CCc1ccc(S([NH-])(=O)=O)cc1.[K+]. The van der Waals surface area contributed by atoms with Gasteiger partial charge in [0.15, 0.2) is 0 Å². The molecule has 0 aliphatic heterocycles. The van der Waals surface area contributed by atoms with Crippen molar-refractivity contribution >= 4 is 10.0 Å². The van der Waals surface area contributed by atoms with Crippen molar-refractivity contribution in [3.63, 3.8) is 0 Å². The van der Waals surface area contributed by atoms with Gasteiger partial charge in [0.25, 0.3) is 0 Å². The minimum absolute atomic E-state index is 0. The number of nitrogens with one attached hydrogen (secondary N) is 1. The fourth-order valence-electron chi connectivity index (χ4n) is 1.29. The minimum Gasteiger partial charge on any atom is -0.560 e. The maximum absolute atomic E-state index is 10.9. The van der Waals surface area contributed by atoms with Crippen LogP contribution in [0.4, 0.5) is 0 Å². The van der Waals surface area contributed by atoms with Gasteiger partial charge in [0.05, 0.1) is 10.0 Å². The summed E-state index contributed by atoms with van der Waals surface area (Å²) in [5, 5.41) is 6.89. The predicted octanol–water partition coefficient (Wildman–Crippen LogP) is 0.0201. The Morgan fingerprint density at radius 2 is 1.69 bits per heavy atom. The molecule has 1 aromatic rings. The average Bonchev–Trinajstić information content (AvgIpc) is 2.14. The molecule has 0 aliphatic carbocycles. The van der Waals surface area contributed by atoms with Gasteiger partial charge in [-0.2, -0.15) is 0 Å². The van der Waals surface area contributed by atoms with Crippen molar-refractivity contribution in [2.75, 3.05) is 0 Å². The number of hydrogen-bond acceptors (Lipinski definition) is 2. The Bertz CT molecular complexity index is 412. The van der Waals surface area contributed by atoms with Crippen molar-refractivity contribution in [3.05, 3.63) is 35.0 Å². The predicted molar refractivity (Wildman–Crippen MR) is 61.1 cm³/mol. The van der Waals surface area contributed by atoms with E-state index in [0.717, 1.165) is 18.4 Å². The first-order valence-corrected chi connectivity index (χ1v) is 6.46. The van der Waals surface area contributed by atoms with Crippen LogP contribution in [0.15, 0.2) is 29.2 Å². The second-order valence-corrected chi connectivity index (χ2v) is 5.56. The fraction of sp³-hybridized carbons (Fsp3) is 0.455. The van der Waals surface area contributed by atoms with E-state index in [2.05, 4.69) is 13.8 Å². The summed E-state index contributed by atoms with van der Waals surface area (Å²) in [4.78, 5) is 0.0656. The van der Waals surface area contributed by atoms with E-state index in [1.165, 1.54) is 12.1 Å². The third-order valence-corrected chi connectivity index (χ3v) is 3.14. The molecule has 5 heteroatoms. The largest absolute Gasteiger partial charge is 1.00 e. The van der Waals surface area contributed by atoms with E-state index >= 15 is 0 Å². The molecule has 0 spiro atoms. The maximum atomic E-state index is 10.9. The first-order valence-electron chi connectivity index (χ1n) is 4.98. The molecule has 1 aromatic carbocycles. The third-order valence-electron chi connectivity index (χ3n) is 2.24. The van der Waals surface area contributed by atoms with Crippen LogP contribution in [0.2, 0.25) is 0 Å². The molecule has 0 saturated carbocycles. The summed E-state index contributed by atoms with van der Waals surface area (Å²) >= 11 is 0. The van der Waals surface area contributed by atoms with Crippen LogP contribution in [-0.4, -0.2) is 8.42 Å². The first kappa shape index (κ1) is 16.8. The molecule has 3 nitrogen and oxygen atoms in total. The molecule has 0 aliphatic rings. The van der Waals surface area contributed by atoms with Crippen molar-refractivity contribution in [3.8, 4) is 0 Å². The van der Waals surface area contributed by atoms with Crippen LogP contribution in [0.3, 0.4) is 0 Å². The van der Waals surface area contributed by atoms with E-state index in [4.69, 9.17) is 5.14 Å². The van der Waals surface area contributed by atoms with Crippen LogP contribution in [0.1, 0.15) is 25.8 Å². The van der Waals surface area contributed by atoms with Gasteiger partial charge in [0.2, 0.25) is 0 Å². The van der Waals surface area contributed by atoms with E-state index < -0.39 is 10.0 Å². The molecule has 0 aromatic heterocycles. The standard InChI is InChI=1S/C11H16NO2S.K/c1-9(2)3-4-10-5-7-11(8-6-10)15(12,13)14;/h5-9H,3-4H2,1-2H3,(H-,12,13,14);/q-1;+1. The second-order valence-electron chi connectivity index (χ2n) is 4.08. The van der Waals surface area contributed by atoms with Crippen molar-refractivity contribution in [1.29, 1.82) is 0 Å². The third kappa shape index (κ3) is 5.91. The summed E-state index contributed by atoms with van der Waals surface area (Å²) in [6.45, 7) is 4.31. The van der Waals surface area contributed by atoms with Crippen molar-refractivity contribution < 1.29 is 59.8 Å². The van der Waals surface area contributed by atoms with E-state index in [1.807, 2.05) is 0 Å². The van der Waals surface area contributed by atoms with E-state index in [9.17, 15) is 8.42 Å². The Balaban J connectivity index is 0.00000225. The molecule has 0 saturated heterocycles. The Morgan fingerprint density at radius 3 is 2.06 bits per heavy atom. The Hall–Kier alpha value is 0.766. The molecule has 1 N–H and O–H groups in total. The van der Waals surface area contributed by atoms with Crippen molar-refractivity contribution in [1.82, 2.24) is 0 Å². The minimum atomic E-state index is -3.80. The van der Waals surface area contributed by atoms with Gasteiger partial charge in [0.1, 0.15) is 0 Å². The first-order chi connectivity index (χ1) is 6.89. The number of sulfonamides is 1. The summed E-state index contributed by atoms with van der Waals surface area (Å²) in [5.41, 5.74) is 1.12.